The maximum atomic E-state index is 13.5. The van der Waals surface area contributed by atoms with Gasteiger partial charge in [0.05, 0.1) is 25.7 Å². The number of hydrogen-bond donors (Lipinski definition) is 2. The Morgan fingerprint density at radius 2 is 2.03 bits per heavy atom. The molecule has 0 aromatic carbocycles. The molecule has 8 nitrogen and oxygen atoms in total. The molecule has 8 heteroatoms. The average Bonchev–Trinajstić information content (AvgIpc) is 3.48. The van der Waals surface area contributed by atoms with Crippen molar-refractivity contribution in [1.29, 1.82) is 0 Å². The fraction of sp³-hybridized carbons (Fsp3) is 0.800. The van der Waals surface area contributed by atoms with E-state index in [0.717, 1.165) is 44.2 Å². The number of rotatable bonds is 1. The molecule has 6 fully saturated rings. The van der Waals surface area contributed by atoms with E-state index in [1.54, 1.807) is 6.08 Å². The van der Waals surface area contributed by atoms with Crippen molar-refractivity contribution in [2.24, 2.45) is 45.8 Å². The molecule has 38 heavy (non-hydrogen) atoms. The van der Waals surface area contributed by atoms with Gasteiger partial charge in [0.15, 0.2) is 11.6 Å². The number of piperidine rings is 1. The Morgan fingerprint density at radius 3 is 2.76 bits per heavy atom. The van der Waals surface area contributed by atoms with Gasteiger partial charge in [0, 0.05) is 59.3 Å². The van der Waals surface area contributed by atoms with Gasteiger partial charge in [0.25, 0.3) is 0 Å². The standard InChI is InChI=1S/C30H39NO7/c1-16-6-20-24(21(33)7-16)17(2)30(35)25-27(20,14-37-30)10-22-26(3,28(25)11-23(34)36-15-28)4-5-29-9-18(13-32)8-19(38-29)12-31(22)29/h7,10,17-20,24-25,32,35H,4-6,8-9,11-15H2,1-3H3/t17-,18+,19-,20-,24+,25+,26-,27-,28-,29+,30+/m1/s1. The Kier molecular flexibility index (Phi) is 4.51. The SMILES string of the molecule is CC1=CC(=O)[C@@H]2[C@@H](C1)[C@]13C=C4N5C[C@H]6C[C@H](CO)C[C@]5(CC[C@@]4(C)[C@]4(COC(=O)C4)[C@H]1[C@@](O)(OC3)[C@@H]2C)O6. The molecule has 1 saturated carbocycles. The maximum Gasteiger partial charge on any atom is 0.306 e. The van der Waals surface area contributed by atoms with Gasteiger partial charge >= 0.3 is 5.97 Å². The van der Waals surface area contributed by atoms with Crippen molar-refractivity contribution in [3.63, 3.8) is 0 Å². The number of esters is 1. The molecule has 3 aliphatic carbocycles. The molecule has 2 spiro atoms. The minimum absolute atomic E-state index is 0.0154. The van der Waals surface area contributed by atoms with Gasteiger partial charge < -0.3 is 29.3 Å². The molecule has 206 valence electrons. The monoisotopic (exact) mass is 525 g/mol. The number of ether oxygens (including phenoxy) is 3. The van der Waals surface area contributed by atoms with E-state index in [2.05, 4.69) is 17.9 Å². The van der Waals surface area contributed by atoms with Crippen LogP contribution in [-0.2, 0) is 23.8 Å². The van der Waals surface area contributed by atoms with E-state index in [4.69, 9.17) is 14.2 Å². The molecule has 0 radical (unpaired) electrons. The number of aliphatic hydroxyl groups is 2. The molecular formula is C30H39NO7. The molecule has 2 N–H and O–H groups in total. The first-order chi connectivity index (χ1) is 18.0. The second-order valence-corrected chi connectivity index (χ2v) is 14.2. The van der Waals surface area contributed by atoms with Crippen LogP contribution in [0, 0.1) is 45.8 Å². The summed E-state index contributed by atoms with van der Waals surface area (Å²) in [7, 11) is 0. The number of aliphatic hydroxyl groups excluding tert-OH is 1. The number of carbonyl (C=O) groups excluding carboxylic acids is 2. The van der Waals surface area contributed by atoms with Crippen molar-refractivity contribution in [2.75, 3.05) is 26.4 Å². The summed E-state index contributed by atoms with van der Waals surface area (Å²) in [4.78, 5) is 29.0. The quantitative estimate of drug-likeness (QED) is 0.504. The normalized spacial score (nSPS) is 56.1. The van der Waals surface area contributed by atoms with Crippen LogP contribution in [0.2, 0.25) is 0 Å². The summed E-state index contributed by atoms with van der Waals surface area (Å²) in [5.41, 5.74) is 0.133. The van der Waals surface area contributed by atoms with Crippen LogP contribution in [0.25, 0.3) is 0 Å². The van der Waals surface area contributed by atoms with Gasteiger partial charge in [0.1, 0.15) is 5.72 Å². The zero-order valence-electron chi connectivity index (χ0n) is 22.6. The predicted molar refractivity (Wildman–Crippen MR) is 134 cm³/mol. The molecule has 0 aromatic heterocycles. The van der Waals surface area contributed by atoms with Gasteiger partial charge in [-0.3, -0.25) is 9.59 Å². The fourth-order valence-electron chi connectivity index (χ4n) is 11.1. The number of hydrogen-bond acceptors (Lipinski definition) is 8. The lowest BCUT2D eigenvalue weighted by Crippen LogP contribution is -2.71. The first-order valence-electron chi connectivity index (χ1n) is 14.5. The van der Waals surface area contributed by atoms with Crippen LogP contribution in [0.4, 0.5) is 0 Å². The number of nitrogens with zero attached hydrogens (tertiary/aromatic N) is 1. The van der Waals surface area contributed by atoms with E-state index in [1.165, 1.54) is 5.70 Å². The highest BCUT2D eigenvalue weighted by molar-refractivity contribution is 5.94. The number of ketones is 1. The van der Waals surface area contributed by atoms with Gasteiger partial charge in [-0.1, -0.05) is 25.5 Å². The summed E-state index contributed by atoms with van der Waals surface area (Å²) < 4.78 is 19.0. The van der Waals surface area contributed by atoms with Gasteiger partial charge in [-0.15, -0.1) is 0 Å². The number of cyclic esters (lactones) is 1. The van der Waals surface area contributed by atoms with Crippen LogP contribution in [0.3, 0.4) is 0 Å². The third kappa shape index (κ3) is 2.49. The Bertz CT molecular complexity index is 1210. The topological polar surface area (TPSA) is 106 Å². The molecular weight excluding hydrogens is 486 g/mol. The average molecular weight is 526 g/mol. The third-order valence-corrected chi connectivity index (χ3v) is 12.7. The molecule has 8 aliphatic rings. The Balaban J connectivity index is 1.38. The van der Waals surface area contributed by atoms with E-state index >= 15 is 0 Å². The van der Waals surface area contributed by atoms with Crippen molar-refractivity contribution < 1.29 is 34.0 Å². The zero-order chi connectivity index (χ0) is 26.5. The van der Waals surface area contributed by atoms with Crippen LogP contribution < -0.4 is 0 Å². The molecule has 0 aromatic rings. The minimum Gasteiger partial charge on any atom is -0.465 e. The Hall–Kier alpha value is -1.74. The summed E-state index contributed by atoms with van der Waals surface area (Å²) in [6.07, 6.45) is 8.49. The van der Waals surface area contributed by atoms with Crippen LogP contribution in [0.1, 0.15) is 59.3 Å². The molecule has 11 atom stereocenters. The molecule has 5 saturated heterocycles. The highest BCUT2D eigenvalue weighted by Gasteiger charge is 2.81. The lowest BCUT2D eigenvalue weighted by Gasteiger charge is -2.68. The largest absolute Gasteiger partial charge is 0.465 e. The van der Waals surface area contributed by atoms with E-state index in [-0.39, 0.29) is 67.1 Å². The molecule has 5 heterocycles. The second kappa shape index (κ2) is 7.12. The number of allylic oxidation sites excluding steroid dienone is 3. The van der Waals surface area contributed by atoms with E-state index in [9.17, 15) is 19.8 Å². The molecule has 4 bridgehead atoms. The first-order valence-corrected chi connectivity index (χ1v) is 14.5. The maximum absolute atomic E-state index is 13.5. The lowest BCUT2D eigenvalue weighted by atomic mass is 9.37. The molecule has 0 amide bonds. The molecule has 5 aliphatic heterocycles. The van der Waals surface area contributed by atoms with Crippen LogP contribution in [0.15, 0.2) is 23.4 Å². The first kappa shape index (κ1) is 24.1. The summed E-state index contributed by atoms with van der Waals surface area (Å²) in [6, 6.07) is 0. The fourth-order valence-corrected chi connectivity index (χ4v) is 11.1. The summed E-state index contributed by atoms with van der Waals surface area (Å²) in [5.74, 6) is -2.50. The summed E-state index contributed by atoms with van der Waals surface area (Å²) >= 11 is 0. The van der Waals surface area contributed by atoms with Crippen molar-refractivity contribution in [3.8, 4) is 0 Å². The molecule has 8 rings (SSSR count). The number of fused-ring (bicyclic) bond motifs is 5. The van der Waals surface area contributed by atoms with Gasteiger partial charge in [-0.05, 0) is 50.5 Å². The van der Waals surface area contributed by atoms with Crippen molar-refractivity contribution in [3.05, 3.63) is 23.4 Å². The van der Waals surface area contributed by atoms with E-state index in [1.807, 2.05) is 13.8 Å². The van der Waals surface area contributed by atoms with Gasteiger partial charge in [0.2, 0.25) is 0 Å². The lowest BCUT2D eigenvalue weighted by molar-refractivity contribution is -0.293. The van der Waals surface area contributed by atoms with Crippen molar-refractivity contribution in [1.82, 2.24) is 4.90 Å². The van der Waals surface area contributed by atoms with E-state index in [0.29, 0.717) is 6.61 Å². The van der Waals surface area contributed by atoms with Crippen LogP contribution in [-0.4, -0.2) is 70.8 Å². The van der Waals surface area contributed by atoms with Gasteiger partial charge in [-0.2, -0.15) is 0 Å². The number of carbonyl (C=O) groups is 2. The highest BCUT2D eigenvalue weighted by atomic mass is 16.6. The smallest absolute Gasteiger partial charge is 0.306 e. The van der Waals surface area contributed by atoms with Crippen LogP contribution >= 0.6 is 0 Å². The Morgan fingerprint density at radius 1 is 1.21 bits per heavy atom. The zero-order valence-corrected chi connectivity index (χ0v) is 22.6. The van der Waals surface area contributed by atoms with Crippen molar-refractivity contribution >= 4 is 11.8 Å². The second-order valence-electron chi connectivity index (χ2n) is 14.2. The van der Waals surface area contributed by atoms with Gasteiger partial charge in [-0.25, -0.2) is 0 Å². The van der Waals surface area contributed by atoms with Crippen molar-refractivity contribution in [2.45, 2.75) is 76.9 Å². The molecule has 0 unspecified atom stereocenters. The van der Waals surface area contributed by atoms with E-state index < -0.39 is 27.8 Å². The predicted octanol–water partition coefficient (Wildman–Crippen LogP) is 2.54. The summed E-state index contributed by atoms with van der Waals surface area (Å²) in [5, 5.41) is 22.5. The third-order valence-electron chi connectivity index (χ3n) is 12.7. The summed E-state index contributed by atoms with van der Waals surface area (Å²) in [6.45, 7) is 7.78. The highest BCUT2D eigenvalue weighted by Crippen LogP contribution is 2.78. The Labute approximate surface area is 223 Å². The van der Waals surface area contributed by atoms with Crippen LogP contribution in [0.5, 0.6) is 0 Å². The minimum atomic E-state index is -1.51.